The summed E-state index contributed by atoms with van der Waals surface area (Å²) < 4.78 is 0. The molecule has 0 amide bonds. The minimum atomic E-state index is 0.398. The lowest BCUT2D eigenvalue weighted by molar-refractivity contribution is 0.481. The molecule has 102 valence electrons. The average Bonchev–Trinajstić information content (AvgIpc) is 2.41. The Kier molecular flexibility index (Phi) is 4.87. The largest absolute Gasteiger partial charge is 0.352 e. The maximum absolute atomic E-state index is 6.04. The van der Waals surface area contributed by atoms with Crippen LogP contribution in [0, 0.1) is 0 Å². The van der Waals surface area contributed by atoms with E-state index in [9.17, 15) is 0 Å². The average molecular weight is 280 g/mol. The van der Waals surface area contributed by atoms with Crippen LogP contribution in [0.4, 0.5) is 5.82 Å². The van der Waals surface area contributed by atoms with E-state index in [1.54, 1.807) is 12.4 Å². The third-order valence-electron chi connectivity index (χ3n) is 2.95. The number of piperazine rings is 1. The summed E-state index contributed by atoms with van der Waals surface area (Å²) in [6, 6.07) is 2.41. The van der Waals surface area contributed by atoms with Crippen LogP contribution in [0.1, 0.15) is 19.4 Å². The van der Waals surface area contributed by atoms with Crippen molar-refractivity contribution in [3.8, 4) is 0 Å². The Balaban J connectivity index is 2.20. The van der Waals surface area contributed by atoms with Crippen molar-refractivity contribution in [3.05, 3.63) is 23.0 Å². The standard InChI is InChI=1S/C13H18ClN5/c1-3-15-5-4-11-8-12(17-18-13(11)14)19-7-6-16-10(2)9-19/h3-5,8,10,16H,6-7,9H2,1-2H3/b5-4-,15-3?. The molecule has 2 rings (SSSR count). The molecule has 1 atom stereocenters. The smallest absolute Gasteiger partial charge is 0.159 e. The quantitative estimate of drug-likeness (QED) is 0.860. The lowest BCUT2D eigenvalue weighted by atomic mass is 10.2. The van der Waals surface area contributed by atoms with E-state index >= 15 is 0 Å². The van der Waals surface area contributed by atoms with Gasteiger partial charge in [-0.3, -0.25) is 4.99 Å². The van der Waals surface area contributed by atoms with Gasteiger partial charge in [0.2, 0.25) is 0 Å². The van der Waals surface area contributed by atoms with Crippen molar-refractivity contribution in [2.75, 3.05) is 24.5 Å². The molecule has 1 aromatic rings. The Labute approximate surface area is 118 Å². The van der Waals surface area contributed by atoms with E-state index in [4.69, 9.17) is 11.6 Å². The Morgan fingerprint density at radius 2 is 2.37 bits per heavy atom. The number of nitrogens with one attached hydrogen (secondary N) is 1. The van der Waals surface area contributed by atoms with Crippen molar-refractivity contribution < 1.29 is 0 Å². The third kappa shape index (κ3) is 3.75. The minimum absolute atomic E-state index is 0.398. The van der Waals surface area contributed by atoms with Crippen LogP contribution >= 0.6 is 11.6 Å². The number of nitrogens with zero attached hydrogens (tertiary/aromatic N) is 4. The molecular weight excluding hydrogens is 262 g/mol. The normalized spacial score (nSPS) is 20.6. The summed E-state index contributed by atoms with van der Waals surface area (Å²) in [5.41, 5.74) is 0.837. The van der Waals surface area contributed by atoms with Gasteiger partial charge in [0, 0.05) is 43.7 Å². The zero-order valence-corrected chi connectivity index (χ0v) is 11.9. The van der Waals surface area contributed by atoms with Gasteiger partial charge in [0.05, 0.1) is 0 Å². The first-order valence-corrected chi connectivity index (χ1v) is 6.74. The Morgan fingerprint density at radius 1 is 1.53 bits per heavy atom. The number of aliphatic imine (C=N–C) groups is 1. The predicted molar refractivity (Wildman–Crippen MR) is 79.9 cm³/mol. The first-order chi connectivity index (χ1) is 9.20. The fourth-order valence-corrected chi connectivity index (χ4v) is 2.16. The Hall–Kier alpha value is -1.46. The van der Waals surface area contributed by atoms with Gasteiger partial charge < -0.3 is 10.2 Å². The van der Waals surface area contributed by atoms with Crippen LogP contribution in [-0.2, 0) is 0 Å². The lowest BCUT2D eigenvalue weighted by Crippen LogP contribution is -2.49. The summed E-state index contributed by atoms with van der Waals surface area (Å²) in [6.45, 7) is 6.83. The Bertz CT molecular complexity index is 486. The second kappa shape index (κ2) is 6.63. The summed E-state index contributed by atoms with van der Waals surface area (Å²) in [6.07, 6.45) is 5.26. The molecule has 1 aromatic heterocycles. The van der Waals surface area contributed by atoms with Gasteiger partial charge in [-0.1, -0.05) is 11.6 Å². The molecule has 2 heterocycles. The lowest BCUT2D eigenvalue weighted by Gasteiger charge is -2.32. The van der Waals surface area contributed by atoms with Crippen LogP contribution in [0.15, 0.2) is 17.3 Å². The molecule has 0 aromatic carbocycles. The van der Waals surface area contributed by atoms with Crippen LogP contribution < -0.4 is 10.2 Å². The van der Waals surface area contributed by atoms with E-state index in [-0.39, 0.29) is 0 Å². The highest BCUT2D eigenvalue weighted by Crippen LogP contribution is 2.20. The van der Waals surface area contributed by atoms with E-state index in [1.165, 1.54) is 0 Å². The second-order valence-corrected chi connectivity index (χ2v) is 4.83. The highest BCUT2D eigenvalue weighted by Gasteiger charge is 2.17. The summed E-state index contributed by atoms with van der Waals surface area (Å²) in [7, 11) is 0. The van der Waals surface area contributed by atoms with E-state index < -0.39 is 0 Å². The summed E-state index contributed by atoms with van der Waals surface area (Å²) in [5, 5.41) is 12.0. The first-order valence-electron chi connectivity index (χ1n) is 6.36. The second-order valence-electron chi connectivity index (χ2n) is 4.47. The Morgan fingerprint density at radius 3 is 3.11 bits per heavy atom. The highest BCUT2D eigenvalue weighted by atomic mass is 35.5. The first kappa shape index (κ1) is 14.0. The molecule has 0 bridgehead atoms. The molecule has 1 N–H and O–H groups in total. The van der Waals surface area contributed by atoms with Crippen LogP contribution in [0.2, 0.25) is 5.15 Å². The third-order valence-corrected chi connectivity index (χ3v) is 3.24. The molecule has 0 spiro atoms. The van der Waals surface area contributed by atoms with Crippen molar-refractivity contribution in [2.45, 2.75) is 19.9 Å². The molecule has 1 saturated heterocycles. The molecule has 5 nitrogen and oxygen atoms in total. The maximum Gasteiger partial charge on any atom is 0.159 e. The number of hydrogen-bond acceptors (Lipinski definition) is 5. The molecule has 6 heteroatoms. The molecule has 1 fully saturated rings. The summed E-state index contributed by atoms with van der Waals surface area (Å²) in [5.74, 6) is 0.859. The van der Waals surface area contributed by atoms with Gasteiger partial charge in [0.1, 0.15) is 0 Å². The SMILES string of the molecule is CC=N/C=C\c1cc(N2CCNC(C)C2)nnc1Cl. The van der Waals surface area contributed by atoms with E-state index in [2.05, 4.69) is 32.3 Å². The van der Waals surface area contributed by atoms with Gasteiger partial charge in [-0.05, 0) is 26.0 Å². The maximum atomic E-state index is 6.04. The van der Waals surface area contributed by atoms with Gasteiger partial charge in [-0.2, -0.15) is 0 Å². The number of hydrogen-bond donors (Lipinski definition) is 1. The molecule has 0 aliphatic carbocycles. The summed E-state index contributed by atoms with van der Waals surface area (Å²) >= 11 is 6.04. The zero-order chi connectivity index (χ0) is 13.7. The number of aromatic nitrogens is 2. The monoisotopic (exact) mass is 279 g/mol. The molecule has 19 heavy (non-hydrogen) atoms. The number of rotatable bonds is 3. The summed E-state index contributed by atoms with van der Waals surface area (Å²) in [4.78, 5) is 6.24. The van der Waals surface area contributed by atoms with Gasteiger partial charge in [0.15, 0.2) is 11.0 Å². The molecule has 1 unspecified atom stereocenters. The van der Waals surface area contributed by atoms with Crippen LogP contribution in [0.3, 0.4) is 0 Å². The van der Waals surface area contributed by atoms with Gasteiger partial charge in [-0.25, -0.2) is 0 Å². The van der Waals surface area contributed by atoms with Crippen molar-refractivity contribution in [1.29, 1.82) is 0 Å². The highest BCUT2D eigenvalue weighted by molar-refractivity contribution is 6.30. The number of anilines is 1. The van der Waals surface area contributed by atoms with Crippen LogP contribution in [0.5, 0.6) is 0 Å². The minimum Gasteiger partial charge on any atom is -0.352 e. The molecule has 0 saturated carbocycles. The number of halogens is 1. The van der Waals surface area contributed by atoms with Gasteiger partial charge in [-0.15, -0.1) is 10.2 Å². The van der Waals surface area contributed by atoms with E-state index in [0.29, 0.717) is 11.2 Å². The van der Waals surface area contributed by atoms with Crippen LogP contribution in [0.25, 0.3) is 6.08 Å². The van der Waals surface area contributed by atoms with Crippen molar-refractivity contribution in [2.24, 2.45) is 4.99 Å². The van der Waals surface area contributed by atoms with E-state index in [0.717, 1.165) is 31.0 Å². The van der Waals surface area contributed by atoms with E-state index in [1.807, 2.05) is 19.1 Å². The van der Waals surface area contributed by atoms with Gasteiger partial charge >= 0.3 is 0 Å². The predicted octanol–water partition coefficient (Wildman–Crippen LogP) is 1.99. The topological polar surface area (TPSA) is 53.4 Å². The van der Waals surface area contributed by atoms with Crippen molar-refractivity contribution >= 4 is 29.7 Å². The molecule has 1 aliphatic heterocycles. The van der Waals surface area contributed by atoms with Crippen LogP contribution in [-0.4, -0.2) is 42.1 Å². The van der Waals surface area contributed by atoms with Crippen molar-refractivity contribution in [1.82, 2.24) is 15.5 Å². The molecule has 1 aliphatic rings. The fraction of sp³-hybridized carbons (Fsp3) is 0.462. The molecular formula is C13H18ClN5. The van der Waals surface area contributed by atoms with Crippen molar-refractivity contribution in [3.63, 3.8) is 0 Å². The zero-order valence-electron chi connectivity index (χ0n) is 11.2. The molecule has 0 radical (unpaired) electrons. The fourth-order valence-electron chi connectivity index (χ4n) is 2.00. The van der Waals surface area contributed by atoms with Gasteiger partial charge in [0.25, 0.3) is 0 Å².